The molecule has 0 aliphatic rings. The zero-order valence-corrected chi connectivity index (χ0v) is 10.8. The Bertz CT molecular complexity index is 494. The van der Waals surface area contributed by atoms with E-state index in [0.29, 0.717) is 6.54 Å². The second kappa shape index (κ2) is 5.89. The van der Waals surface area contributed by atoms with Crippen LogP contribution in [0.3, 0.4) is 0 Å². The monoisotopic (exact) mass is 243 g/mol. The summed E-state index contributed by atoms with van der Waals surface area (Å²) in [4.78, 5) is 1.35. The van der Waals surface area contributed by atoms with Crippen LogP contribution in [0.4, 0.5) is 0 Å². The molecule has 0 unspecified atom stereocenters. The fraction of sp³-hybridized carbons (Fsp3) is 0.200. The van der Waals surface area contributed by atoms with E-state index < -0.39 is 0 Å². The van der Waals surface area contributed by atoms with Gasteiger partial charge in [0.2, 0.25) is 0 Å². The molecule has 0 saturated carbocycles. The molecule has 2 aromatic rings. The van der Waals surface area contributed by atoms with Crippen molar-refractivity contribution in [3.05, 3.63) is 65.2 Å². The normalized spacial score (nSPS) is 10.5. The molecule has 17 heavy (non-hydrogen) atoms. The van der Waals surface area contributed by atoms with Gasteiger partial charge in [0.15, 0.2) is 0 Å². The van der Waals surface area contributed by atoms with Gasteiger partial charge >= 0.3 is 0 Å². The van der Waals surface area contributed by atoms with E-state index >= 15 is 0 Å². The summed E-state index contributed by atoms with van der Waals surface area (Å²) < 4.78 is 0. The summed E-state index contributed by atoms with van der Waals surface area (Å²) in [7, 11) is 0. The highest BCUT2D eigenvalue weighted by molar-refractivity contribution is 7.98. The zero-order valence-electron chi connectivity index (χ0n) is 10.0. The molecule has 0 bridgehead atoms. The summed E-state index contributed by atoms with van der Waals surface area (Å²) in [5.74, 6) is 0.999. The van der Waals surface area contributed by atoms with Crippen molar-refractivity contribution in [1.82, 2.24) is 0 Å². The van der Waals surface area contributed by atoms with Crippen LogP contribution in [0.25, 0.3) is 0 Å². The minimum atomic E-state index is 0.614. The lowest BCUT2D eigenvalue weighted by Gasteiger charge is -2.06. The number of nitrogens with two attached hydrogens (primary N) is 1. The van der Waals surface area contributed by atoms with Crippen molar-refractivity contribution in [3.63, 3.8) is 0 Å². The van der Waals surface area contributed by atoms with Gasteiger partial charge in [-0.25, -0.2) is 0 Å². The Balaban J connectivity index is 2.05. The van der Waals surface area contributed by atoms with Crippen LogP contribution in [-0.4, -0.2) is 0 Å². The molecule has 0 saturated heterocycles. The van der Waals surface area contributed by atoms with Crippen LogP contribution in [0.2, 0.25) is 0 Å². The Morgan fingerprint density at radius 3 is 2.53 bits per heavy atom. The minimum absolute atomic E-state index is 0.614. The molecule has 0 aromatic heterocycles. The standard InChI is InChI=1S/C15H17NS/c1-12-5-2-3-8-15(12)17-11-14-7-4-6-13(9-14)10-16/h2-9H,10-11,16H2,1H3. The molecule has 1 nitrogen and oxygen atoms in total. The van der Waals surface area contributed by atoms with E-state index in [4.69, 9.17) is 5.73 Å². The first-order valence-electron chi connectivity index (χ1n) is 5.76. The lowest BCUT2D eigenvalue weighted by atomic mass is 10.1. The van der Waals surface area contributed by atoms with Gasteiger partial charge in [0.25, 0.3) is 0 Å². The molecular formula is C15H17NS. The molecule has 0 radical (unpaired) electrons. The highest BCUT2D eigenvalue weighted by atomic mass is 32.2. The molecule has 2 aromatic carbocycles. The molecule has 0 spiro atoms. The van der Waals surface area contributed by atoms with E-state index in [1.54, 1.807) is 0 Å². The third-order valence-electron chi connectivity index (χ3n) is 2.72. The second-order valence-electron chi connectivity index (χ2n) is 4.08. The molecule has 2 rings (SSSR count). The highest BCUT2D eigenvalue weighted by Gasteiger charge is 1.99. The summed E-state index contributed by atoms with van der Waals surface area (Å²) in [5, 5.41) is 0. The Kier molecular flexibility index (Phi) is 4.24. The summed E-state index contributed by atoms with van der Waals surface area (Å²) in [5.41, 5.74) is 9.52. The van der Waals surface area contributed by atoms with Crippen LogP contribution < -0.4 is 5.73 Å². The summed E-state index contributed by atoms with van der Waals surface area (Å²) >= 11 is 1.88. The zero-order chi connectivity index (χ0) is 12.1. The van der Waals surface area contributed by atoms with E-state index in [9.17, 15) is 0 Å². The molecule has 0 aliphatic heterocycles. The largest absolute Gasteiger partial charge is 0.326 e. The molecule has 0 heterocycles. The molecule has 2 heteroatoms. The van der Waals surface area contributed by atoms with Crippen LogP contribution in [0.5, 0.6) is 0 Å². The maximum atomic E-state index is 5.64. The van der Waals surface area contributed by atoms with Crippen molar-refractivity contribution in [3.8, 4) is 0 Å². The topological polar surface area (TPSA) is 26.0 Å². The van der Waals surface area contributed by atoms with E-state index in [0.717, 1.165) is 5.75 Å². The number of hydrogen-bond acceptors (Lipinski definition) is 2. The Labute approximate surface area is 107 Å². The third-order valence-corrected chi connectivity index (χ3v) is 3.96. The SMILES string of the molecule is Cc1ccccc1SCc1cccc(CN)c1. The number of hydrogen-bond donors (Lipinski definition) is 1. The first-order valence-corrected chi connectivity index (χ1v) is 6.74. The van der Waals surface area contributed by atoms with Crippen LogP contribution in [0.15, 0.2) is 53.4 Å². The van der Waals surface area contributed by atoms with Crippen molar-refractivity contribution < 1.29 is 0 Å². The van der Waals surface area contributed by atoms with Gasteiger partial charge in [0.05, 0.1) is 0 Å². The van der Waals surface area contributed by atoms with Crippen LogP contribution in [0, 0.1) is 6.92 Å². The summed E-state index contributed by atoms with van der Waals surface area (Å²) in [6.45, 7) is 2.77. The Hall–Kier alpha value is -1.25. The number of thioether (sulfide) groups is 1. The van der Waals surface area contributed by atoms with Crippen molar-refractivity contribution in [2.75, 3.05) is 0 Å². The molecule has 2 N–H and O–H groups in total. The van der Waals surface area contributed by atoms with E-state index in [1.165, 1.54) is 21.6 Å². The maximum Gasteiger partial charge on any atom is 0.0232 e. The number of aryl methyl sites for hydroxylation is 1. The molecule has 0 atom stereocenters. The second-order valence-corrected chi connectivity index (χ2v) is 5.10. The van der Waals surface area contributed by atoms with Crippen LogP contribution in [0.1, 0.15) is 16.7 Å². The molecule has 0 fully saturated rings. The fourth-order valence-corrected chi connectivity index (χ4v) is 2.70. The van der Waals surface area contributed by atoms with E-state index in [1.807, 2.05) is 11.8 Å². The van der Waals surface area contributed by atoms with Gasteiger partial charge in [-0.05, 0) is 29.7 Å². The van der Waals surface area contributed by atoms with Gasteiger partial charge < -0.3 is 5.73 Å². The average Bonchev–Trinajstić information content (AvgIpc) is 2.38. The first kappa shape index (κ1) is 12.2. The smallest absolute Gasteiger partial charge is 0.0232 e. The molecular weight excluding hydrogens is 226 g/mol. The summed E-state index contributed by atoms with van der Waals surface area (Å²) in [6, 6.07) is 17.0. The number of rotatable bonds is 4. The molecule has 0 aliphatic carbocycles. The first-order chi connectivity index (χ1) is 8.29. The highest BCUT2D eigenvalue weighted by Crippen LogP contribution is 2.25. The van der Waals surface area contributed by atoms with Crippen molar-refractivity contribution in [1.29, 1.82) is 0 Å². The predicted octanol–water partition coefficient (Wildman–Crippen LogP) is 3.75. The lowest BCUT2D eigenvalue weighted by Crippen LogP contribution is -1.96. The van der Waals surface area contributed by atoms with Gasteiger partial charge in [-0.3, -0.25) is 0 Å². The van der Waals surface area contributed by atoms with Gasteiger partial charge in [-0.15, -0.1) is 11.8 Å². The maximum absolute atomic E-state index is 5.64. The minimum Gasteiger partial charge on any atom is -0.326 e. The predicted molar refractivity (Wildman–Crippen MR) is 75.1 cm³/mol. The van der Waals surface area contributed by atoms with Crippen molar-refractivity contribution >= 4 is 11.8 Å². The van der Waals surface area contributed by atoms with Crippen LogP contribution in [-0.2, 0) is 12.3 Å². The van der Waals surface area contributed by atoms with E-state index in [2.05, 4.69) is 55.5 Å². The van der Waals surface area contributed by atoms with Gasteiger partial charge in [0, 0.05) is 17.2 Å². The molecule has 0 amide bonds. The van der Waals surface area contributed by atoms with Gasteiger partial charge in [-0.1, -0.05) is 42.5 Å². The van der Waals surface area contributed by atoms with Gasteiger partial charge in [-0.2, -0.15) is 0 Å². The van der Waals surface area contributed by atoms with Crippen LogP contribution >= 0.6 is 11.8 Å². The lowest BCUT2D eigenvalue weighted by molar-refractivity contribution is 1.06. The van der Waals surface area contributed by atoms with Crippen molar-refractivity contribution in [2.45, 2.75) is 24.1 Å². The quantitative estimate of drug-likeness (QED) is 0.828. The third kappa shape index (κ3) is 3.35. The number of benzene rings is 2. The summed E-state index contributed by atoms with van der Waals surface area (Å²) in [6.07, 6.45) is 0. The molecule has 88 valence electrons. The Morgan fingerprint density at radius 2 is 1.76 bits per heavy atom. The average molecular weight is 243 g/mol. The van der Waals surface area contributed by atoms with Crippen molar-refractivity contribution in [2.24, 2.45) is 5.73 Å². The van der Waals surface area contributed by atoms with Gasteiger partial charge in [0.1, 0.15) is 0 Å². The fourth-order valence-electron chi connectivity index (χ4n) is 1.73. The Morgan fingerprint density at radius 1 is 1.00 bits per heavy atom. The van der Waals surface area contributed by atoms with E-state index in [-0.39, 0.29) is 0 Å².